The van der Waals surface area contributed by atoms with Crippen molar-refractivity contribution in [2.24, 2.45) is 0 Å². The molecule has 0 radical (unpaired) electrons. The Morgan fingerprint density at radius 3 is 0.587 bits per heavy atom. The highest BCUT2D eigenvalue weighted by atomic mass is 32.3. The summed E-state index contributed by atoms with van der Waals surface area (Å²) in [7, 11) is -5.17. The third-order valence-electron chi connectivity index (χ3n) is 12.9. The summed E-state index contributed by atoms with van der Waals surface area (Å²) in [4.78, 5) is 0. The Balaban J connectivity index is -0.00000103. The summed E-state index contributed by atoms with van der Waals surface area (Å²) >= 11 is 0. The van der Waals surface area contributed by atoms with Crippen LogP contribution in [0.5, 0.6) is 0 Å². The minimum absolute atomic E-state index is 0.157. The van der Waals surface area contributed by atoms with Gasteiger partial charge in [0.1, 0.15) is 26.2 Å². The van der Waals surface area contributed by atoms with Crippen LogP contribution < -0.4 is 0 Å². The molecule has 0 saturated carbocycles. The first-order valence-corrected chi connectivity index (χ1v) is 27.8. The van der Waals surface area contributed by atoms with Crippen molar-refractivity contribution in [1.82, 2.24) is 0 Å². The molecule has 0 bridgehead atoms. The molecule has 0 rings (SSSR count). The van der Waals surface area contributed by atoms with Gasteiger partial charge in [-0.05, 0) is 25.7 Å². The second-order valence-electron chi connectivity index (χ2n) is 18.5. The van der Waals surface area contributed by atoms with E-state index in [0.29, 0.717) is 26.2 Å². The highest BCUT2D eigenvalue weighted by molar-refractivity contribution is 7.79. The standard InChI is InChI=1S/2C25H54NO3.H2O4S/c2*1-2-3-4-5-6-7-8-9-10-11-12-13-14-15-16-17-19-26(21-24-28,22-25-29)20-18-23-27;1-5(2,3)4/h2*27-29H,2-25H2,1H3;(H2,1,2,3,4)/q2*+1;/p-2. The molecule has 384 valence electrons. The van der Waals surface area contributed by atoms with E-state index in [-0.39, 0.29) is 39.6 Å². The number of aliphatic hydroxyl groups excluding tert-OH is 6. The second kappa shape index (κ2) is 52.5. The van der Waals surface area contributed by atoms with E-state index in [0.717, 1.165) is 60.8 Å². The molecule has 0 aliphatic heterocycles. The molecule has 0 unspecified atom stereocenters. The van der Waals surface area contributed by atoms with Crippen molar-refractivity contribution < 1.29 is 57.1 Å². The molecule has 0 aromatic rings. The lowest BCUT2D eigenvalue weighted by Crippen LogP contribution is -2.53. The first-order valence-electron chi connectivity index (χ1n) is 26.5. The Hall–Kier alpha value is -0.450. The van der Waals surface area contributed by atoms with Gasteiger partial charge in [0.15, 0.2) is 0 Å². The van der Waals surface area contributed by atoms with Crippen molar-refractivity contribution in [2.75, 3.05) is 92.0 Å². The van der Waals surface area contributed by atoms with Gasteiger partial charge in [0.2, 0.25) is 0 Å². The topological polar surface area (TPSA) is 202 Å². The molecule has 0 heterocycles. The molecule has 0 aliphatic rings. The van der Waals surface area contributed by atoms with Gasteiger partial charge in [0.25, 0.3) is 0 Å². The largest absolute Gasteiger partial charge is 0.759 e. The van der Waals surface area contributed by atoms with E-state index in [4.69, 9.17) is 27.7 Å². The smallest absolute Gasteiger partial charge is 0.102 e. The maximum Gasteiger partial charge on any atom is 0.102 e. The van der Waals surface area contributed by atoms with E-state index in [9.17, 15) is 20.4 Å². The van der Waals surface area contributed by atoms with Crippen LogP contribution in [0.3, 0.4) is 0 Å². The molecule has 0 aliphatic carbocycles. The minimum Gasteiger partial charge on any atom is -0.759 e. The van der Waals surface area contributed by atoms with Crippen molar-refractivity contribution in [3.63, 3.8) is 0 Å². The molecule has 0 spiro atoms. The van der Waals surface area contributed by atoms with Crippen LogP contribution in [-0.4, -0.2) is 149 Å². The van der Waals surface area contributed by atoms with Gasteiger partial charge in [-0.3, -0.25) is 8.42 Å². The maximum absolute atomic E-state index is 9.40. The van der Waals surface area contributed by atoms with E-state index < -0.39 is 10.4 Å². The Morgan fingerprint density at radius 1 is 0.270 bits per heavy atom. The number of hydrogen-bond donors (Lipinski definition) is 6. The summed E-state index contributed by atoms with van der Waals surface area (Å²) in [5, 5.41) is 55.9. The van der Waals surface area contributed by atoms with Crippen LogP contribution in [0, 0.1) is 0 Å². The van der Waals surface area contributed by atoms with Crippen molar-refractivity contribution in [1.29, 1.82) is 0 Å². The fourth-order valence-electron chi connectivity index (χ4n) is 8.99. The second-order valence-corrected chi connectivity index (χ2v) is 19.4. The molecule has 63 heavy (non-hydrogen) atoms. The van der Waals surface area contributed by atoms with Crippen LogP contribution in [0.25, 0.3) is 0 Å². The fourth-order valence-corrected chi connectivity index (χ4v) is 8.99. The third kappa shape index (κ3) is 54.0. The van der Waals surface area contributed by atoms with Gasteiger partial charge in [-0.2, -0.15) is 0 Å². The number of aliphatic hydroxyl groups is 6. The lowest BCUT2D eigenvalue weighted by atomic mass is 10.0. The van der Waals surface area contributed by atoms with Crippen LogP contribution in [-0.2, 0) is 10.4 Å². The summed E-state index contributed by atoms with van der Waals surface area (Å²) in [6, 6.07) is 0. The summed E-state index contributed by atoms with van der Waals surface area (Å²) < 4.78 is 35.6. The molecule has 0 fully saturated rings. The van der Waals surface area contributed by atoms with Crippen molar-refractivity contribution in [2.45, 2.75) is 232 Å². The lowest BCUT2D eigenvalue weighted by Gasteiger charge is -2.38. The molecular formula is C50H108N2O10S. The monoisotopic (exact) mass is 929 g/mol. The zero-order chi connectivity index (χ0) is 47.4. The van der Waals surface area contributed by atoms with Gasteiger partial charge in [0, 0.05) is 36.5 Å². The first kappa shape index (κ1) is 66.8. The fraction of sp³-hybridized carbons (Fsp3) is 1.00. The van der Waals surface area contributed by atoms with Gasteiger partial charge in [0.05, 0.1) is 52.6 Å². The first-order chi connectivity index (χ1) is 30.5. The molecule has 12 nitrogen and oxygen atoms in total. The Bertz CT molecular complexity index is 883. The quantitative estimate of drug-likeness (QED) is 0.0148. The van der Waals surface area contributed by atoms with Gasteiger partial charge < -0.3 is 48.7 Å². The summed E-state index contributed by atoms with van der Waals surface area (Å²) in [6.45, 7) is 12.1. The van der Waals surface area contributed by atoms with Crippen molar-refractivity contribution >= 4 is 10.4 Å². The third-order valence-corrected chi connectivity index (χ3v) is 12.9. The minimum atomic E-state index is -5.17. The van der Waals surface area contributed by atoms with Gasteiger partial charge in [-0.1, -0.05) is 194 Å². The van der Waals surface area contributed by atoms with E-state index >= 15 is 0 Å². The Kier molecular flexibility index (Phi) is 55.7. The van der Waals surface area contributed by atoms with E-state index in [1.54, 1.807) is 0 Å². The molecular weight excluding hydrogens is 821 g/mol. The van der Waals surface area contributed by atoms with Crippen LogP contribution >= 0.6 is 0 Å². The molecule has 6 N–H and O–H groups in total. The summed E-state index contributed by atoms with van der Waals surface area (Å²) in [5.74, 6) is 0. The van der Waals surface area contributed by atoms with E-state index in [1.807, 2.05) is 0 Å². The molecule has 0 amide bonds. The van der Waals surface area contributed by atoms with Gasteiger partial charge in [-0.15, -0.1) is 0 Å². The highest BCUT2D eigenvalue weighted by Gasteiger charge is 2.26. The van der Waals surface area contributed by atoms with Crippen LogP contribution in [0.4, 0.5) is 0 Å². The number of nitrogens with zero attached hydrogens (tertiary/aromatic N) is 2. The number of unbranched alkanes of at least 4 members (excludes halogenated alkanes) is 30. The van der Waals surface area contributed by atoms with Crippen molar-refractivity contribution in [3.05, 3.63) is 0 Å². The molecule has 0 aromatic carbocycles. The lowest BCUT2D eigenvalue weighted by molar-refractivity contribution is -0.929. The maximum atomic E-state index is 9.40. The van der Waals surface area contributed by atoms with E-state index in [2.05, 4.69) is 13.8 Å². The zero-order valence-corrected chi connectivity index (χ0v) is 42.4. The highest BCUT2D eigenvalue weighted by Crippen LogP contribution is 2.18. The van der Waals surface area contributed by atoms with Crippen LogP contribution in [0.1, 0.15) is 232 Å². The van der Waals surface area contributed by atoms with Gasteiger partial charge in [-0.25, -0.2) is 0 Å². The average molecular weight is 929 g/mol. The zero-order valence-electron chi connectivity index (χ0n) is 41.6. The SMILES string of the molecule is CCCCCCCCCCCCCCCCCC[N+](CCO)(CCO)CCCO.CCCCCCCCCCCCCCCCCC[N+](CCO)(CCO)CCCO.O=S(=O)([O-])[O-]. The van der Waals surface area contributed by atoms with Crippen LogP contribution in [0.15, 0.2) is 0 Å². The van der Waals surface area contributed by atoms with E-state index in [1.165, 1.54) is 193 Å². The van der Waals surface area contributed by atoms with Crippen molar-refractivity contribution in [3.8, 4) is 0 Å². The number of hydrogen-bond acceptors (Lipinski definition) is 10. The molecule has 0 saturated heterocycles. The average Bonchev–Trinajstić information content (AvgIpc) is 3.24. The predicted molar refractivity (Wildman–Crippen MR) is 261 cm³/mol. The number of rotatable bonds is 48. The van der Waals surface area contributed by atoms with Crippen LogP contribution in [0.2, 0.25) is 0 Å². The summed E-state index contributed by atoms with van der Waals surface area (Å²) in [6.07, 6.45) is 45.5. The Labute approximate surface area is 390 Å². The summed E-state index contributed by atoms with van der Waals surface area (Å²) in [5.41, 5.74) is 0. The molecule has 0 atom stereocenters. The Morgan fingerprint density at radius 2 is 0.429 bits per heavy atom. The normalized spacial score (nSPS) is 12.0. The molecule has 13 heteroatoms. The van der Waals surface area contributed by atoms with Gasteiger partial charge >= 0.3 is 0 Å². The predicted octanol–water partition coefficient (Wildman–Crippen LogP) is 9.53. The number of quaternary nitrogens is 2. The molecule has 0 aromatic heterocycles.